The van der Waals surface area contributed by atoms with Crippen LogP contribution < -0.4 is 0 Å². The highest BCUT2D eigenvalue weighted by atomic mass is 127. The van der Waals surface area contributed by atoms with Gasteiger partial charge in [0.05, 0.1) is 0 Å². The van der Waals surface area contributed by atoms with Crippen molar-refractivity contribution in [2.75, 3.05) is 11.0 Å². The van der Waals surface area contributed by atoms with Crippen LogP contribution in [-0.4, -0.2) is 27.7 Å². The monoisotopic (exact) mass is 408 g/mol. The number of aliphatic hydroxyl groups excluding tert-OH is 1. The summed E-state index contributed by atoms with van der Waals surface area (Å²) in [5.74, 6) is -0.214. The third-order valence-electron chi connectivity index (χ3n) is 3.56. The number of hydrogen-bond acceptors (Lipinski definition) is 3. The second-order valence-corrected chi connectivity index (χ2v) is 5.76. The molecule has 0 aliphatic heterocycles. The van der Waals surface area contributed by atoms with E-state index in [-0.39, 0.29) is 11.6 Å². The van der Waals surface area contributed by atoms with Crippen molar-refractivity contribution in [3.63, 3.8) is 0 Å². The Balaban J connectivity index is 2.41. The Kier molecular flexibility index (Phi) is 5.85. The normalized spacial score (nSPS) is 17.0. The van der Waals surface area contributed by atoms with Crippen LogP contribution in [0.5, 0.6) is 0 Å². The van der Waals surface area contributed by atoms with E-state index < -0.39 is 6.61 Å². The smallest absolute Gasteiger partial charge is 0.187 e. The summed E-state index contributed by atoms with van der Waals surface area (Å²) in [7, 11) is 0. The number of rotatable bonds is 5. The van der Waals surface area contributed by atoms with Gasteiger partial charge >= 0.3 is 0 Å². The summed E-state index contributed by atoms with van der Waals surface area (Å²) < 4.78 is 0.673. The second-order valence-electron chi connectivity index (χ2n) is 4.99. The minimum Gasteiger partial charge on any atom is -0.388 e. The molecule has 0 heterocycles. The van der Waals surface area contributed by atoms with Crippen LogP contribution in [0.4, 0.5) is 0 Å². The van der Waals surface area contributed by atoms with Gasteiger partial charge in [-0.25, -0.2) is 0 Å². The zero-order chi connectivity index (χ0) is 16.1. The zero-order valence-electron chi connectivity index (χ0n) is 12.3. The summed E-state index contributed by atoms with van der Waals surface area (Å²) >= 11 is 2.20. The number of carbonyl (C=O) groups is 2. The van der Waals surface area contributed by atoms with Gasteiger partial charge < -0.3 is 5.11 Å². The van der Waals surface area contributed by atoms with Crippen LogP contribution in [0.25, 0.3) is 5.57 Å². The summed E-state index contributed by atoms with van der Waals surface area (Å²) in [5, 5.41) is 8.99. The van der Waals surface area contributed by atoms with Crippen molar-refractivity contribution in [1.29, 1.82) is 0 Å². The molecule has 1 aliphatic rings. The van der Waals surface area contributed by atoms with Gasteiger partial charge in [0.25, 0.3) is 0 Å². The van der Waals surface area contributed by atoms with Gasteiger partial charge in [0, 0.05) is 22.0 Å². The largest absolute Gasteiger partial charge is 0.388 e. The van der Waals surface area contributed by atoms with E-state index in [1.54, 1.807) is 19.1 Å². The summed E-state index contributed by atoms with van der Waals surface area (Å²) in [6, 6.07) is 7.77. The van der Waals surface area contributed by atoms with E-state index in [0.717, 1.165) is 16.7 Å². The third-order valence-corrected chi connectivity index (χ3v) is 4.44. The van der Waals surface area contributed by atoms with Crippen molar-refractivity contribution in [3.05, 3.63) is 64.8 Å². The van der Waals surface area contributed by atoms with Crippen LogP contribution in [-0.2, 0) is 16.0 Å². The molecule has 1 aliphatic carbocycles. The number of ketones is 2. The molecule has 0 saturated carbocycles. The van der Waals surface area contributed by atoms with Crippen LogP contribution in [0.3, 0.4) is 0 Å². The predicted molar refractivity (Wildman–Crippen MR) is 95.9 cm³/mol. The first kappa shape index (κ1) is 16.8. The predicted octanol–water partition coefficient (Wildman–Crippen LogP) is 3.06. The van der Waals surface area contributed by atoms with Crippen molar-refractivity contribution in [1.82, 2.24) is 0 Å². The first-order chi connectivity index (χ1) is 10.6. The molecule has 3 nitrogen and oxygen atoms in total. The molecule has 114 valence electrons. The molecule has 22 heavy (non-hydrogen) atoms. The third kappa shape index (κ3) is 3.62. The van der Waals surface area contributed by atoms with Crippen molar-refractivity contribution < 1.29 is 14.7 Å². The van der Waals surface area contributed by atoms with Crippen LogP contribution in [0.15, 0.2) is 53.6 Å². The second kappa shape index (κ2) is 7.65. The number of benzene rings is 1. The fourth-order valence-electron chi connectivity index (χ4n) is 2.43. The molecule has 1 aromatic rings. The Morgan fingerprint density at radius 2 is 2.09 bits per heavy atom. The first-order valence-corrected chi connectivity index (χ1v) is 8.53. The Hall–Kier alpha value is -1.53. The van der Waals surface area contributed by atoms with Gasteiger partial charge in [0.15, 0.2) is 11.6 Å². The van der Waals surface area contributed by atoms with Crippen LogP contribution >= 0.6 is 22.6 Å². The SMILES string of the molecule is C\C=C(/C=C(/C=C1\C(=O)Cc2ccccc21)CI)C(=O)CO. The quantitative estimate of drug-likeness (QED) is 0.353. The summed E-state index contributed by atoms with van der Waals surface area (Å²) in [4.78, 5) is 23.8. The Bertz CT molecular complexity index is 696. The average molecular weight is 408 g/mol. The Labute approximate surface area is 143 Å². The standard InChI is InChI=1S/C18H17IO3/c1-2-13(18(22)11-20)7-12(10-19)8-16-15-6-4-3-5-14(15)9-17(16)21/h2-8,20H,9-11H2,1H3/b12-7-,13-2+,16-8-. The lowest BCUT2D eigenvalue weighted by molar-refractivity contribution is -0.117. The van der Waals surface area contributed by atoms with E-state index in [9.17, 15) is 9.59 Å². The molecule has 0 bridgehead atoms. The molecule has 0 fully saturated rings. The molecule has 0 unspecified atom stereocenters. The topological polar surface area (TPSA) is 54.4 Å². The highest BCUT2D eigenvalue weighted by Gasteiger charge is 2.23. The van der Waals surface area contributed by atoms with Gasteiger partial charge in [-0.1, -0.05) is 52.9 Å². The minimum absolute atomic E-state index is 0.104. The van der Waals surface area contributed by atoms with Gasteiger partial charge in [0.1, 0.15) is 6.61 Å². The van der Waals surface area contributed by atoms with Gasteiger partial charge in [0.2, 0.25) is 0 Å². The molecule has 0 radical (unpaired) electrons. The molecular formula is C18H17IO3. The highest BCUT2D eigenvalue weighted by Crippen LogP contribution is 2.30. The van der Waals surface area contributed by atoms with Gasteiger partial charge in [-0.05, 0) is 35.8 Å². The number of fused-ring (bicyclic) bond motifs is 1. The van der Waals surface area contributed by atoms with E-state index in [2.05, 4.69) is 22.6 Å². The molecule has 0 spiro atoms. The molecule has 4 heteroatoms. The van der Waals surface area contributed by atoms with Gasteiger partial charge in [-0.15, -0.1) is 0 Å². The molecule has 1 aromatic carbocycles. The lowest BCUT2D eigenvalue weighted by atomic mass is 10.0. The average Bonchev–Trinajstić information content (AvgIpc) is 2.86. The van der Waals surface area contributed by atoms with E-state index in [0.29, 0.717) is 22.0 Å². The maximum absolute atomic E-state index is 12.2. The van der Waals surface area contributed by atoms with Crippen LogP contribution in [0.1, 0.15) is 18.1 Å². The molecule has 0 amide bonds. The lowest BCUT2D eigenvalue weighted by Gasteiger charge is -2.04. The number of hydrogen-bond donors (Lipinski definition) is 1. The molecule has 0 aromatic heterocycles. The number of allylic oxidation sites excluding steroid dienone is 5. The van der Waals surface area contributed by atoms with Gasteiger partial charge in [-0.3, -0.25) is 9.59 Å². The number of halogens is 1. The summed E-state index contributed by atoms with van der Waals surface area (Å²) in [5.41, 5.74) is 4.06. The summed E-state index contributed by atoms with van der Waals surface area (Å²) in [6.07, 6.45) is 5.71. The molecular weight excluding hydrogens is 391 g/mol. The fourth-order valence-corrected chi connectivity index (χ4v) is 2.87. The molecule has 1 N–H and O–H groups in total. The van der Waals surface area contributed by atoms with Crippen LogP contribution in [0.2, 0.25) is 0 Å². The molecule has 2 rings (SSSR count). The van der Waals surface area contributed by atoms with E-state index in [4.69, 9.17) is 5.11 Å². The maximum Gasteiger partial charge on any atom is 0.187 e. The van der Waals surface area contributed by atoms with E-state index in [1.807, 2.05) is 30.3 Å². The Morgan fingerprint density at radius 3 is 2.73 bits per heavy atom. The van der Waals surface area contributed by atoms with E-state index >= 15 is 0 Å². The minimum atomic E-state index is -0.511. The number of carbonyl (C=O) groups excluding carboxylic acids is 2. The van der Waals surface area contributed by atoms with Gasteiger partial charge in [-0.2, -0.15) is 0 Å². The fraction of sp³-hybridized carbons (Fsp3) is 0.222. The lowest BCUT2D eigenvalue weighted by Crippen LogP contribution is -2.06. The van der Waals surface area contributed by atoms with Crippen molar-refractivity contribution in [2.45, 2.75) is 13.3 Å². The summed E-state index contributed by atoms with van der Waals surface area (Å²) in [6.45, 7) is 1.25. The zero-order valence-corrected chi connectivity index (χ0v) is 14.5. The van der Waals surface area contributed by atoms with Crippen molar-refractivity contribution in [2.24, 2.45) is 0 Å². The maximum atomic E-state index is 12.2. The van der Waals surface area contributed by atoms with E-state index in [1.165, 1.54) is 0 Å². The first-order valence-electron chi connectivity index (χ1n) is 7.00. The molecule has 0 atom stereocenters. The Morgan fingerprint density at radius 1 is 1.36 bits per heavy atom. The number of Topliss-reactive ketones (excluding diaryl/α,β-unsaturated/α-hetero) is 2. The number of alkyl halides is 1. The molecule has 0 saturated heterocycles. The van der Waals surface area contributed by atoms with Crippen molar-refractivity contribution >= 4 is 39.7 Å². The highest BCUT2D eigenvalue weighted by molar-refractivity contribution is 14.1. The number of aliphatic hydroxyl groups is 1. The van der Waals surface area contributed by atoms with Crippen LogP contribution in [0, 0.1) is 0 Å². The van der Waals surface area contributed by atoms with Crippen molar-refractivity contribution in [3.8, 4) is 0 Å².